The Kier molecular flexibility index (Phi) is 4.19. The molecule has 5 heteroatoms. The van der Waals surface area contributed by atoms with Gasteiger partial charge in [-0.25, -0.2) is 4.98 Å². The fraction of sp³-hybridized carbons (Fsp3) is 0.231. The largest absolute Gasteiger partial charge is 0.319 e. The number of aromatic nitrogens is 1. The van der Waals surface area contributed by atoms with Crippen molar-refractivity contribution in [3.8, 4) is 0 Å². The van der Waals surface area contributed by atoms with Crippen LogP contribution in [0, 0.1) is 0 Å². The summed E-state index contributed by atoms with van der Waals surface area (Å²) >= 11 is 9.22. The lowest BCUT2D eigenvalue weighted by Crippen LogP contribution is -2.15. The predicted molar refractivity (Wildman–Crippen MR) is 76.7 cm³/mol. The van der Waals surface area contributed by atoms with Gasteiger partial charge < -0.3 is 5.32 Å². The minimum absolute atomic E-state index is 0.157. The molecule has 0 aliphatic heterocycles. The average Bonchev–Trinajstić information content (AvgIpc) is 2.34. The van der Waals surface area contributed by atoms with Crippen LogP contribution in [0.2, 0.25) is 5.15 Å². The molecule has 1 aromatic rings. The van der Waals surface area contributed by atoms with Gasteiger partial charge >= 0.3 is 0 Å². The summed E-state index contributed by atoms with van der Waals surface area (Å²) in [6, 6.07) is 1.73. The summed E-state index contributed by atoms with van der Waals surface area (Å²) in [4.78, 5) is 16.0. The first-order chi connectivity index (χ1) is 8.56. The highest BCUT2D eigenvalue weighted by Gasteiger charge is 2.13. The number of amides is 1. The number of pyridine rings is 1. The van der Waals surface area contributed by atoms with Gasteiger partial charge in [0.25, 0.3) is 5.91 Å². The maximum Gasteiger partial charge on any atom is 0.255 e. The molecular formula is C13H12BrClN2O. The maximum atomic E-state index is 12.1. The van der Waals surface area contributed by atoms with Crippen molar-refractivity contribution in [2.45, 2.75) is 19.8 Å². The van der Waals surface area contributed by atoms with Crippen molar-refractivity contribution >= 4 is 39.1 Å². The highest BCUT2D eigenvalue weighted by atomic mass is 79.9. The highest BCUT2D eigenvalue weighted by molar-refractivity contribution is 9.10. The van der Waals surface area contributed by atoms with Gasteiger partial charge in [-0.05, 0) is 41.8 Å². The number of nitrogens with zero attached hydrogens (tertiary/aromatic N) is 1. The van der Waals surface area contributed by atoms with Gasteiger partial charge in [-0.1, -0.05) is 29.3 Å². The molecule has 1 N–H and O–H groups in total. The van der Waals surface area contributed by atoms with E-state index in [0.717, 1.165) is 17.3 Å². The zero-order valence-electron chi connectivity index (χ0n) is 9.84. The van der Waals surface area contributed by atoms with E-state index in [9.17, 15) is 4.79 Å². The van der Waals surface area contributed by atoms with Crippen molar-refractivity contribution in [3.63, 3.8) is 0 Å². The summed E-state index contributed by atoms with van der Waals surface area (Å²) in [7, 11) is 0. The molecule has 0 saturated carbocycles. The van der Waals surface area contributed by atoms with E-state index in [2.05, 4.69) is 26.2 Å². The molecule has 0 aromatic carbocycles. The number of carbonyl (C=O) groups excluding carboxylic acids is 1. The molecule has 94 valence electrons. The van der Waals surface area contributed by atoms with E-state index >= 15 is 0 Å². The second-order valence-electron chi connectivity index (χ2n) is 4.13. The van der Waals surface area contributed by atoms with Crippen LogP contribution >= 0.6 is 27.5 Å². The molecule has 1 aliphatic carbocycles. The SMILES string of the molecule is CC1=CC(C(=O)Nc2cc(Br)cnc2Cl)=CCC1. The summed E-state index contributed by atoms with van der Waals surface area (Å²) < 4.78 is 0.770. The monoisotopic (exact) mass is 326 g/mol. The van der Waals surface area contributed by atoms with Gasteiger partial charge in [-0.2, -0.15) is 0 Å². The second kappa shape index (κ2) is 5.67. The van der Waals surface area contributed by atoms with Gasteiger partial charge in [-0.3, -0.25) is 4.79 Å². The fourth-order valence-corrected chi connectivity index (χ4v) is 2.20. The van der Waals surface area contributed by atoms with E-state index in [1.807, 2.05) is 19.1 Å². The minimum Gasteiger partial charge on any atom is -0.319 e. The van der Waals surface area contributed by atoms with E-state index in [4.69, 9.17) is 11.6 Å². The van der Waals surface area contributed by atoms with E-state index in [1.54, 1.807) is 12.3 Å². The van der Waals surface area contributed by atoms with Crippen LogP contribution in [0.4, 0.5) is 5.69 Å². The van der Waals surface area contributed by atoms with Crippen LogP contribution in [-0.2, 0) is 4.79 Å². The lowest BCUT2D eigenvalue weighted by molar-refractivity contribution is -0.112. The summed E-state index contributed by atoms with van der Waals surface area (Å²) in [5, 5.41) is 3.05. The van der Waals surface area contributed by atoms with Crippen LogP contribution in [0.1, 0.15) is 19.8 Å². The first-order valence-electron chi connectivity index (χ1n) is 5.56. The third-order valence-electron chi connectivity index (χ3n) is 2.62. The van der Waals surface area contributed by atoms with Crippen molar-refractivity contribution in [1.29, 1.82) is 0 Å². The lowest BCUT2D eigenvalue weighted by Gasteiger charge is -2.11. The molecule has 18 heavy (non-hydrogen) atoms. The zero-order chi connectivity index (χ0) is 13.1. The third kappa shape index (κ3) is 3.21. The number of anilines is 1. The molecule has 2 rings (SSSR count). The molecule has 1 aliphatic rings. The molecule has 0 saturated heterocycles. The molecule has 3 nitrogen and oxygen atoms in total. The molecule has 0 atom stereocenters. The van der Waals surface area contributed by atoms with Gasteiger partial charge in [0.05, 0.1) is 5.69 Å². The van der Waals surface area contributed by atoms with Crippen LogP contribution in [0.5, 0.6) is 0 Å². The third-order valence-corrected chi connectivity index (χ3v) is 3.36. The Morgan fingerprint density at radius 3 is 3.06 bits per heavy atom. The summed E-state index contributed by atoms with van der Waals surface area (Å²) in [6.07, 6.45) is 7.33. The van der Waals surface area contributed by atoms with E-state index in [0.29, 0.717) is 11.3 Å². The molecule has 0 radical (unpaired) electrons. The molecule has 0 spiro atoms. The second-order valence-corrected chi connectivity index (χ2v) is 5.41. The Morgan fingerprint density at radius 1 is 1.56 bits per heavy atom. The molecule has 0 bridgehead atoms. The standard InChI is InChI=1S/C13H12BrClN2O/c1-8-3-2-4-9(5-8)13(18)17-11-6-10(14)7-16-12(11)15/h4-7H,2-3H2,1H3,(H,17,18). The van der Waals surface area contributed by atoms with Crippen LogP contribution in [0.15, 0.2) is 40.0 Å². The Morgan fingerprint density at radius 2 is 2.33 bits per heavy atom. The van der Waals surface area contributed by atoms with Gasteiger partial charge in [0.2, 0.25) is 0 Å². The lowest BCUT2D eigenvalue weighted by atomic mass is 10.0. The van der Waals surface area contributed by atoms with Crippen molar-refractivity contribution in [1.82, 2.24) is 4.98 Å². The average molecular weight is 328 g/mol. The van der Waals surface area contributed by atoms with Crippen LogP contribution in [-0.4, -0.2) is 10.9 Å². The summed E-state index contributed by atoms with van der Waals surface area (Å²) in [5.74, 6) is -0.157. The van der Waals surface area contributed by atoms with E-state index < -0.39 is 0 Å². The predicted octanol–water partition coefficient (Wildman–Crippen LogP) is 4.10. The molecule has 1 heterocycles. The van der Waals surface area contributed by atoms with Crippen molar-refractivity contribution in [2.24, 2.45) is 0 Å². The topological polar surface area (TPSA) is 42.0 Å². The minimum atomic E-state index is -0.157. The number of hydrogen-bond acceptors (Lipinski definition) is 2. The Balaban J connectivity index is 2.17. The van der Waals surface area contributed by atoms with Crippen LogP contribution in [0.3, 0.4) is 0 Å². The van der Waals surface area contributed by atoms with Gasteiger partial charge in [0.1, 0.15) is 0 Å². The van der Waals surface area contributed by atoms with Crippen molar-refractivity contribution < 1.29 is 4.79 Å². The number of rotatable bonds is 2. The number of halogens is 2. The Labute approximate surface area is 119 Å². The highest BCUT2D eigenvalue weighted by Crippen LogP contribution is 2.24. The normalized spacial score (nSPS) is 14.8. The molecule has 1 aromatic heterocycles. The first-order valence-corrected chi connectivity index (χ1v) is 6.73. The summed E-state index contributed by atoms with van der Waals surface area (Å²) in [6.45, 7) is 2.02. The fourth-order valence-electron chi connectivity index (χ4n) is 1.71. The Hall–Kier alpha value is -1.13. The number of nitrogens with one attached hydrogen (secondary N) is 1. The Bertz CT molecular complexity index is 552. The van der Waals surface area contributed by atoms with E-state index in [-0.39, 0.29) is 11.1 Å². The molecule has 0 fully saturated rings. The van der Waals surface area contributed by atoms with Crippen LogP contribution in [0.25, 0.3) is 0 Å². The zero-order valence-corrected chi connectivity index (χ0v) is 12.2. The molecule has 0 unspecified atom stereocenters. The first kappa shape index (κ1) is 13.3. The summed E-state index contributed by atoms with van der Waals surface area (Å²) in [5.41, 5.74) is 2.39. The van der Waals surface area contributed by atoms with Crippen molar-refractivity contribution in [2.75, 3.05) is 5.32 Å². The quantitative estimate of drug-likeness (QED) is 0.831. The smallest absolute Gasteiger partial charge is 0.255 e. The maximum absolute atomic E-state index is 12.1. The van der Waals surface area contributed by atoms with Gasteiger partial charge in [0.15, 0.2) is 5.15 Å². The van der Waals surface area contributed by atoms with E-state index in [1.165, 1.54) is 5.57 Å². The van der Waals surface area contributed by atoms with Gasteiger partial charge in [-0.15, -0.1) is 0 Å². The van der Waals surface area contributed by atoms with Crippen LogP contribution < -0.4 is 5.32 Å². The van der Waals surface area contributed by atoms with Gasteiger partial charge in [0, 0.05) is 16.2 Å². The molecule has 1 amide bonds. The number of hydrogen-bond donors (Lipinski definition) is 1. The molecular weight excluding hydrogens is 316 g/mol. The number of allylic oxidation sites excluding steroid dienone is 2. The van der Waals surface area contributed by atoms with Crippen molar-refractivity contribution in [3.05, 3.63) is 45.2 Å². The number of carbonyl (C=O) groups is 1.